The van der Waals surface area contributed by atoms with Gasteiger partial charge in [0.25, 0.3) is 0 Å². The summed E-state index contributed by atoms with van der Waals surface area (Å²) in [5.41, 5.74) is 4.70. The molecule has 8 heteroatoms. The van der Waals surface area contributed by atoms with Gasteiger partial charge in [-0.25, -0.2) is 9.78 Å². The van der Waals surface area contributed by atoms with Crippen molar-refractivity contribution < 1.29 is 9.53 Å². The SMILES string of the molecule is C=CC1SNCC1(C)/C=C(\C)Nc1ccnc2[nH]c(C3=CCN(C(=O)OC(C)(C)C)CC3)cc12. The summed E-state index contributed by atoms with van der Waals surface area (Å²) in [6.45, 7) is 16.1. The van der Waals surface area contributed by atoms with Crippen molar-refractivity contribution in [3.63, 3.8) is 0 Å². The van der Waals surface area contributed by atoms with Crippen LogP contribution in [0.2, 0.25) is 0 Å². The molecule has 0 radical (unpaired) electrons. The molecule has 1 fully saturated rings. The van der Waals surface area contributed by atoms with E-state index < -0.39 is 5.60 Å². The Bertz CT molecular complexity index is 1150. The zero-order chi connectivity index (χ0) is 24.5. The number of carbonyl (C=O) groups excluding carboxylic acids is 1. The molecule has 2 aliphatic rings. The first kappa shape index (κ1) is 24.4. The van der Waals surface area contributed by atoms with E-state index in [1.165, 1.54) is 5.57 Å². The first-order chi connectivity index (χ1) is 16.1. The van der Waals surface area contributed by atoms with Gasteiger partial charge >= 0.3 is 6.09 Å². The monoisotopic (exact) mass is 481 g/mol. The summed E-state index contributed by atoms with van der Waals surface area (Å²) in [5, 5.41) is 4.96. The quantitative estimate of drug-likeness (QED) is 0.375. The van der Waals surface area contributed by atoms with E-state index in [0.717, 1.165) is 41.1 Å². The lowest BCUT2D eigenvalue weighted by atomic mass is 9.85. The van der Waals surface area contributed by atoms with Crippen LogP contribution in [0.5, 0.6) is 0 Å². The van der Waals surface area contributed by atoms with Crippen LogP contribution in [0.3, 0.4) is 0 Å². The zero-order valence-electron chi connectivity index (χ0n) is 20.7. The molecular weight excluding hydrogens is 446 g/mol. The van der Waals surface area contributed by atoms with E-state index >= 15 is 0 Å². The van der Waals surface area contributed by atoms with Crippen molar-refractivity contribution in [1.82, 2.24) is 19.6 Å². The maximum Gasteiger partial charge on any atom is 0.410 e. The minimum absolute atomic E-state index is 0.00583. The number of nitrogens with zero attached hydrogens (tertiary/aromatic N) is 2. The Balaban J connectivity index is 1.51. The van der Waals surface area contributed by atoms with Crippen LogP contribution < -0.4 is 10.0 Å². The van der Waals surface area contributed by atoms with Crippen molar-refractivity contribution >= 4 is 40.3 Å². The average Bonchev–Trinajstić information content (AvgIpc) is 3.36. The molecular formula is C26H35N5O2S. The lowest BCUT2D eigenvalue weighted by Crippen LogP contribution is -2.39. The number of hydrogen-bond donors (Lipinski definition) is 3. The molecule has 0 bridgehead atoms. The second kappa shape index (κ2) is 9.50. The topological polar surface area (TPSA) is 82.3 Å². The van der Waals surface area contributed by atoms with Crippen molar-refractivity contribution in [2.24, 2.45) is 5.41 Å². The van der Waals surface area contributed by atoms with Crippen LogP contribution in [0.4, 0.5) is 10.5 Å². The molecule has 0 aliphatic carbocycles. The zero-order valence-corrected chi connectivity index (χ0v) is 21.5. The molecule has 0 aromatic carbocycles. The highest BCUT2D eigenvalue weighted by Crippen LogP contribution is 2.39. The van der Waals surface area contributed by atoms with Crippen molar-refractivity contribution in [2.45, 2.75) is 51.9 Å². The molecule has 1 amide bonds. The lowest BCUT2D eigenvalue weighted by molar-refractivity contribution is 0.0270. The summed E-state index contributed by atoms with van der Waals surface area (Å²) in [6.07, 6.45) is 8.72. The van der Waals surface area contributed by atoms with Gasteiger partial charge in [-0.2, -0.15) is 0 Å². The van der Waals surface area contributed by atoms with Crippen LogP contribution in [-0.2, 0) is 4.74 Å². The van der Waals surface area contributed by atoms with Crippen LogP contribution in [-0.4, -0.2) is 51.4 Å². The highest BCUT2D eigenvalue weighted by molar-refractivity contribution is 7.98. The Kier molecular flexibility index (Phi) is 6.82. The van der Waals surface area contributed by atoms with Crippen molar-refractivity contribution in [2.75, 3.05) is 25.0 Å². The van der Waals surface area contributed by atoms with E-state index in [1.807, 2.05) is 39.1 Å². The number of pyridine rings is 1. The van der Waals surface area contributed by atoms with E-state index in [2.05, 4.69) is 58.7 Å². The van der Waals surface area contributed by atoms with Gasteiger partial charge in [-0.15, -0.1) is 6.58 Å². The number of aromatic amines is 1. The summed E-state index contributed by atoms with van der Waals surface area (Å²) >= 11 is 1.73. The predicted octanol–water partition coefficient (Wildman–Crippen LogP) is 5.72. The Morgan fingerprint density at radius 1 is 1.44 bits per heavy atom. The molecule has 0 spiro atoms. The maximum atomic E-state index is 12.4. The molecule has 2 aromatic heterocycles. The van der Waals surface area contributed by atoms with Crippen LogP contribution in [0.1, 0.15) is 46.7 Å². The van der Waals surface area contributed by atoms with Crippen LogP contribution >= 0.6 is 11.9 Å². The number of ether oxygens (including phenoxy) is 1. The van der Waals surface area contributed by atoms with Gasteiger partial charge in [-0.05, 0) is 51.8 Å². The van der Waals surface area contributed by atoms with E-state index in [1.54, 1.807) is 16.8 Å². The molecule has 2 atom stereocenters. The second-order valence-corrected chi connectivity index (χ2v) is 11.3. The standard InChI is InChI=1S/C26H35N5O2S/c1-7-22-26(6,16-28-34-22)15-17(2)29-20-8-11-27-23-19(20)14-21(30-23)18-9-12-31(13-10-18)24(32)33-25(3,4)5/h7-9,11,14-15,22,28H,1,10,12-13,16H2,2-6H3,(H2,27,29,30)/b17-15+. The third-order valence-corrected chi connectivity index (χ3v) is 7.44. The number of fused-ring (bicyclic) bond motifs is 1. The van der Waals surface area contributed by atoms with Gasteiger partial charge < -0.3 is 19.9 Å². The summed E-state index contributed by atoms with van der Waals surface area (Å²) in [6, 6.07) is 4.15. The number of anilines is 1. The van der Waals surface area contributed by atoms with Gasteiger partial charge in [0.1, 0.15) is 11.2 Å². The van der Waals surface area contributed by atoms with Gasteiger partial charge in [0.15, 0.2) is 0 Å². The summed E-state index contributed by atoms with van der Waals surface area (Å²) in [7, 11) is 0. The molecule has 2 unspecified atom stereocenters. The smallest absolute Gasteiger partial charge is 0.410 e. The molecule has 2 aliphatic heterocycles. The molecule has 7 nitrogen and oxygen atoms in total. The second-order valence-electron chi connectivity index (χ2n) is 10.3. The van der Waals surface area contributed by atoms with Crippen LogP contribution in [0.25, 0.3) is 16.6 Å². The predicted molar refractivity (Wildman–Crippen MR) is 142 cm³/mol. The van der Waals surface area contributed by atoms with Gasteiger partial charge in [-0.3, -0.25) is 4.72 Å². The number of carbonyl (C=O) groups is 1. The fourth-order valence-electron chi connectivity index (χ4n) is 4.43. The van der Waals surface area contributed by atoms with Crippen molar-refractivity contribution in [3.05, 3.63) is 54.5 Å². The molecule has 182 valence electrons. The molecule has 34 heavy (non-hydrogen) atoms. The third-order valence-electron chi connectivity index (χ3n) is 6.14. The lowest BCUT2D eigenvalue weighted by Gasteiger charge is -2.29. The molecule has 3 N–H and O–H groups in total. The number of rotatable bonds is 5. The number of H-pyrrole nitrogens is 1. The van der Waals surface area contributed by atoms with Gasteiger partial charge in [0.05, 0.1) is 5.69 Å². The van der Waals surface area contributed by atoms with E-state index in [-0.39, 0.29) is 11.5 Å². The minimum atomic E-state index is -0.489. The third kappa shape index (κ3) is 5.33. The number of aromatic nitrogens is 2. The van der Waals surface area contributed by atoms with Crippen LogP contribution in [0, 0.1) is 5.41 Å². The minimum Gasteiger partial charge on any atom is -0.444 e. The van der Waals surface area contributed by atoms with E-state index in [4.69, 9.17) is 4.74 Å². The van der Waals surface area contributed by atoms with E-state index in [9.17, 15) is 4.79 Å². The summed E-state index contributed by atoms with van der Waals surface area (Å²) in [5.74, 6) is 0. The van der Waals surface area contributed by atoms with Gasteiger partial charge in [0, 0.05) is 53.3 Å². The Hall–Kier alpha value is -2.71. The molecule has 4 rings (SSSR count). The first-order valence-electron chi connectivity index (χ1n) is 11.7. The van der Waals surface area contributed by atoms with Crippen molar-refractivity contribution in [3.8, 4) is 0 Å². The fourth-order valence-corrected chi connectivity index (χ4v) is 5.52. The number of nitrogens with one attached hydrogen (secondary N) is 3. The Morgan fingerprint density at radius 2 is 2.24 bits per heavy atom. The Morgan fingerprint density at radius 3 is 2.91 bits per heavy atom. The molecule has 2 aromatic rings. The summed E-state index contributed by atoms with van der Waals surface area (Å²) in [4.78, 5) is 22.1. The van der Waals surface area contributed by atoms with Crippen LogP contribution in [0.15, 0.2) is 48.8 Å². The Labute approximate surface area is 206 Å². The number of hydrogen-bond acceptors (Lipinski definition) is 6. The molecule has 0 saturated carbocycles. The highest BCUT2D eigenvalue weighted by Gasteiger charge is 2.36. The summed E-state index contributed by atoms with van der Waals surface area (Å²) < 4.78 is 8.90. The highest BCUT2D eigenvalue weighted by atomic mass is 32.2. The van der Waals surface area contributed by atoms with Gasteiger partial charge in [-0.1, -0.05) is 37.1 Å². The normalized spacial score (nSPS) is 23.7. The largest absolute Gasteiger partial charge is 0.444 e. The number of amides is 1. The fraction of sp³-hybridized carbons (Fsp3) is 0.462. The molecule has 4 heterocycles. The van der Waals surface area contributed by atoms with Gasteiger partial charge in [0.2, 0.25) is 0 Å². The van der Waals surface area contributed by atoms with Crippen molar-refractivity contribution in [1.29, 1.82) is 0 Å². The first-order valence-corrected chi connectivity index (χ1v) is 12.6. The average molecular weight is 482 g/mol. The maximum absolute atomic E-state index is 12.4. The number of allylic oxidation sites excluding steroid dienone is 1. The molecule has 1 saturated heterocycles. The van der Waals surface area contributed by atoms with E-state index in [0.29, 0.717) is 18.3 Å².